The number of H-pyrrole nitrogens is 1. The molecule has 1 aliphatic rings. The van der Waals surface area contributed by atoms with Crippen LogP contribution in [0.25, 0.3) is 11.0 Å². The quantitative estimate of drug-likeness (QED) is 0.350. The Balaban J connectivity index is 2.12. The maximum absolute atomic E-state index is 11.9. The summed E-state index contributed by atoms with van der Waals surface area (Å²) in [6.07, 6.45) is 9.18. The molecule has 1 unspecified atom stereocenters. The lowest BCUT2D eigenvalue weighted by Crippen LogP contribution is -2.28. The summed E-state index contributed by atoms with van der Waals surface area (Å²) in [4.78, 5) is 23.8. The number of amides is 2. The van der Waals surface area contributed by atoms with Crippen LogP contribution in [0.1, 0.15) is 26.3 Å². The van der Waals surface area contributed by atoms with Gasteiger partial charge in [-0.3, -0.25) is 15.3 Å². The van der Waals surface area contributed by atoms with E-state index in [-0.39, 0.29) is 11.4 Å². The maximum atomic E-state index is 11.9. The molecule has 8 heteroatoms. The van der Waals surface area contributed by atoms with Crippen LogP contribution in [-0.4, -0.2) is 28.8 Å². The summed E-state index contributed by atoms with van der Waals surface area (Å²) in [6, 6.07) is 3.65. The maximum Gasteiger partial charge on any atom is 0.321 e. The van der Waals surface area contributed by atoms with Gasteiger partial charge < -0.3 is 10.3 Å². The number of anilines is 2. The van der Waals surface area contributed by atoms with Crippen molar-refractivity contribution in [2.45, 2.75) is 26.2 Å². The highest BCUT2D eigenvalue weighted by Crippen LogP contribution is 2.34. The molecule has 1 aliphatic heterocycles. The summed E-state index contributed by atoms with van der Waals surface area (Å²) in [5.74, 6) is 6.66. The van der Waals surface area contributed by atoms with Crippen LogP contribution in [0.4, 0.5) is 16.4 Å². The van der Waals surface area contributed by atoms with Gasteiger partial charge in [-0.1, -0.05) is 18.7 Å². The Kier molecular flexibility index (Phi) is 5.32. The molecule has 0 radical (unpaired) electrons. The minimum absolute atomic E-state index is 0.326. The van der Waals surface area contributed by atoms with Gasteiger partial charge in [-0.15, -0.1) is 0 Å². The van der Waals surface area contributed by atoms with Gasteiger partial charge in [0.25, 0.3) is 0 Å². The van der Waals surface area contributed by atoms with Crippen molar-refractivity contribution in [2.24, 2.45) is 10.8 Å². The number of imidazole rings is 1. The fourth-order valence-electron chi connectivity index (χ4n) is 2.93. The fraction of sp³-hybridized carbons (Fsp3) is 0.250. The summed E-state index contributed by atoms with van der Waals surface area (Å²) in [6.45, 7) is 10.1. The van der Waals surface area contributed by atoms with E-state index in [9.17, 15) is 4.79 Å². The van der Waals surface area contributed by atoms with Crippen molar-refractivity contribution in [1.82, 2.24) is 15.3 Å². The number of carbonyl (C=O) groups excluding carboxylic acids is 1. The Labute approximate surface area is 163 Å². The van der Waals surface area contributed by atoms with E-state index in [4.69, 9.17) is 5.84 Å². The molecule has 3 rings (SSSR count). The highest BCUT2D eigenvalue weighted by Gasteiger charge is 2.26. The molecule has 146 valence electrons. The molecule has 0 fully saturated rings. The first-order chi connectivity index (χ1) is 13.4. The summed E-state index contributed by atoms with van der Waals surface area (Å²) >= 11 is 0. The van der Waals surface area contributed by atoms with Crippen LogP contribution in [0, 0.1) is 0 Å². The second kappa shape index (κ2) is 7.69. The monoisotopic (exact) mass is 379 g/mol. The number of allylic oxidation sites excluding steroid dienone is 3. The molecule has 2 aromatic rings. The standard InChI is InChI=1S/C20H25N7O/c1-5-13(3)11-27(21)16-10-14(20(4)7-8-22-12-20)9-15-17(16)25-18(24-15)26-19(28)23-6-2/h5,7-12H,1,6,21H2,2-4H3,(H3,23,24,25,26,28)/b13-11-. The first-order valence-corrected chi connectivity index (χ1v) is 9.02. The second-order valence-electron chi connectivity index (χ2n) is 6.82. The first kappa shape index (κ1) is 19.4. The number of urea groups is 1. The number of hydrogen-bond donors (Lipinski definition) is 4. The van der Waals surface area contributed by atoms with Crippen LogP contribution in [0.3, 0.4) is 0 Å². The average Bonchev–Trinajstić information content (AvgIpc) is 3.27. The fourth-order valence-corrected chi connectivity index (χ4v) is 2.93. The van der Waals surface area contributed by atoms with Crippen LogP contribution in [-0.2, 0) is 5.41 Å². The molecule has 28 heavy (non-hydrogen) atoms. The normalized spacial score (nSPS) is 18.5. The van der Waals surface area contributed by atoms with Crippen molar-refractivity contribution in [3.05, 3.63) is 54.4 Å². The van der Waals surface area contributed by atoms with E-state index in [1.54, 1.807) is 18.5 Å². The minimum atomic E-state index is -0.348. The number of rotatable bonds is 6. The zero-order valence-electron chi connectivity index (χ0n) is 16.3. The molecule has 1 atom stereocenters. The number of aromatic amines is 1. The second-order valence-corrected chi connectivity index (χ2v) is 6.82. The van der Waals surface area contributed by atoms with E-state index in [0.29, 0.717) is 23.7 Å². The van der Waals surface area contributed by atoms with Gasteiger partial charge in [-0.05, 0) is 44.0 Å². The summed E-state index contributed by atoms with van der Waals surface area (Å²) in [5.41, 5.74) is 3.66. The molecule has 1 aromatic heterocycles. The lowest BCUT2D eigenvalue weighted by atomic mass is 9.84. The molecule has 1 aromatic carbocycles. The Bertz CT molecular complexity index is 987. The molecule has 0 bridgehead atoms. The number of nitrogens with zero attached hydrogens (tertiary/aromatic N) is 3. The lowest BCUT2D eigenvalue weighted by molar-refractivity contribution is 0.252. The third-order valence-electron chi connectivity index (χ3n) is 4.55. The Morgan fingerprint density at radius 1 is 1.46 bits per heavy atom. The molecule has 2 heterocycles. The van der Waals surface area contributed by atoms with Gasteiger partial charge in [0.2, 0.25) is 5.95 Å². The molecule has 0 saturated carbocycles. The number of hydrogen-bond acceptors (Lipinski definition) is 5. The third kappa shape index (κ3) is 3.81. The van der Waals surface area contributed by atoms with Crippen LogP contribution >= 0.6 is 0 Å². The summed E-state index contributed by atoms with van der Waals surface area (Å²) in [7, 11) is 0. The van der Waals surface area contributed by atoms with E-state index in [1.807, 2.05) is 38.3 Å². The van der Waals surface area contributed by atoms with E-state index in [2.05, 4.69) is 39.1 Å². The Hall–Kier alpha value is -3.39. The van der Waals surface area contributed by atoms with Crippen molar-refractivity contribution in [2.75, 3.05) is 16.9 Å². The minimum Gasteiger partial charge on any atom is -0.338 e. The highest BCUT2D eigenvalue weighted by molar-refractivity contribution is 5.96. The predicted octanol–water partition coefficient (Wildman–Crippen LogP) is 3.33. The SMILES string of the molecule is C=C/C(C)=C\N(N)c1cc(C2(C)C=CN=C2)cc2[nH]c(NC(=O)NCC)nc12. The number of nitrogens with two attached hydrogens (primary N) is 1. The van der Waals surface area contributed by atoms with E-state index >= 15 is 0 Å². The van der Waals surface area contributed by atoms with Gasteiger partial charge in [0.15, 0.2) is 0 Å². The van der Waals surface area contributed by atoms with Gasteiger partial charge in [0.05, 0.1) is 11.2 Å². The predicted molar refractivity (Wildman–Crippen MR) is 114 cm³/mol. The number of aromatic nitrogens is 2. The summed E-state index contributed by atoms with van der Waals surface area (Å²) in [5, 5.41) is 6.89. The smallest absolute Gasteiger partial charge is 0.321 e. The van der Waals surface area contributed by atoms with E-state index < -0.39 is 0 Å². The van der Waals surface area contributed by atoms with Gasteiger partial charge >= 0.3 is 6.03 Å². The van der Waals surface area contributed by atoms with Crippen LogP contribution in [0.5, 0.6) is 0 Å². The van der Waals surface area contributed by atoms with E-state index in [0.717, 1.165) is 16.7 Å². The third-order valence-corrected chi connectivity index (χ3v) is 4.55. The number of hydrazine groups is 1. The highest BCUT2D eigenvalue weighted by atomic mass is 16.2. The molecule has 8 nitrogen and oxygen atoms in total. The van der Waals surface area contributed by atoms with Gasteiger partial charge in [0, 0.05) is 30.6 Å². The zero-order chi connectivity index (χ0) is 20.3. The Morgan fingerprint density at radius 2 is 2.25 bits per heavy atom. The van der Waals surface area contributed by atoms with Crippen molar-refractivity contribution >= 4 is 34.9 Å². The van der Waals surface area contributed by atoms with Gasteiger partial charge in [-0.2, -0.15) is 0 Å². The van der Waals surface area contributed by atoms with Crippen LogP contribution in [0.2, 0.25) is 0 Å². The molecule has 0 aliphatic carbocycles. The molecule has 0 saturated heterocycles. The number of fused-ring (bicyclic) bond motifs is 1. The Morgan fingerprint density at radius 3 is 2.89 bits per heavy atom. The van der Waals surface area contributed by atoms with Crippen LogP contribution < -0.4 is 21.5 Å². The molecular weight excluding hydrogens is 354 g/mol. The molecular formula is C20H25N7O. The number of aliphatic imine (C=N–C) groups is 1. The van der Waals surface area contributed by atoms with Crippen molar-refractivity contribution in [1.29, 1.82) is 0 Å². The number of nitrogens with one attached hydrogen (secondary N) is 3. The largest absolute Gasteiger partial charge is 0.338 e. The first-order valence-electron chi connectivity index (χ1n) is 9.02. The van der Waals surface area contributed by atoms with Gasteiger partial charge in [-0.25, -0.2) is 15.6 Å². The van der Waals surface area contributed by atoms with Crippen molar-refractivity contribution < 1.29 is 4.79 Å². The van der Waals surface area contributed by atoms with Gasteiger partial charge in [0.1, 0.15) is 5.52 Å². The number of carbonyl (C=O) groups is 1. The molecule has 0 spiro atoms. The number of benzene rings is 1. The van der Waals surface area contributed by atoms with Crippen LogP contribution in [0.15, 0.2) is 53.8 Å². The summed E-state index contributed by atoms with van der Waals surface area (Å²) < 4.78 is 0. The average molecular weight is 379 g/mol. The molecule has 5 N–H and O–H groups in total. The van der Waals surface area contributed by atoms with Crippen molar-refractivity contribution in [3.63, 3.8) is 0 Å². The topological polar surface area (TPSA) is 111 Å². The molecule has 2 amide bonds. The van der Waals surface area contributed by atoms with E-state index in [1.165, 1.54) is 5.01 Å². The lowest BCUT2D eigenvalue weighted by Gasteiger charge is -2.22. The zero-order valence-corrected chi connectivity index (χ0v) is 16.3. The van der Waals surface area contributed by atoms with Crippen molar-refractivity contribution in [3.8, 4) is 0 Å².